The van der Waals surface area contributed by atoms with Crippen LogP contribution in [-0.4, -0.2) is 52.9 Å². The van der Waals surface area contributed by atoms with E-state index in [2.05, 4.69) is 10.4 Å². The van der Waals surface area contributed by atoms with Crippen molar-refractivity contribution in [3.63, 3.8) is 0 Å². The van der Waals surface area contributed by atoms with Crippen LogP contribution >= 0.6 is 0 Å². The van der Waals surface area contributed by atoms with E-state index in [0.29, 0.717) is 37.9 Å². The average Bonchev–Trinajstić information content (AvgIpc) is 2.93. The monoisotopic (exact) mass is 329 g/mol. The summed E-state index contributed by atoms with van der Waals surface area (Å²) in [5.74, 6) is -0.328. The van der Waals surface area contributed by atoms with Crippen molar-refractivity contribution in [1.29, 1.82) is 0 Å². The first-order valence-corrected chi connectivity index (χ1v) is 9.42. The van der Waals surface area contributed by atoms with Crippen molar-refractivity contribution in [1.82, 2.24) is 15.1 Å². The van der Waals surface area contributed by atoms with Gasteiger partial charge < -0.3 is 10.4 Å². The summed E-state index contributed by atoms with van der Waals surface area (Å²) >= 11 is 0. The maximum Gasteiger partial charge on any atom is 0.271 e. The molecule has 7 nitrogen and oxygen atoms in total. The number of amides is 1. The highest BCUT2D eigenvalue weighted by molar-refractivity contribution is 7.91. The minimum atomic E-state index is -3.06. The third-order valence-corrected chi connectivity index (χ3v) is 5.93. The summed E-state index contributed by atoms with van der Waals surface area (Å²) in [7, 11) is -3.06. The van der Waals surface area contributed by atoms with Crippen molar-refractivity contribution >= 4 is 15.7 Å². The summed E-state index contributed by atoms with van der Waals surface area (Å²) in [6, 6.07) is 1.63. The molecule has 1 aliphatic rings. The fraction of sp³-hybridized carbons (Fsp3) is 0.714. The molecule has 22 heavy (non-hydrogen) atoms. The van der Waals surface area contributed by atoms with Gasteiger partial charge in [0.15, 0.2) is 0 Å². The maximum absolute atomic E-state index is 12.0. The number of aromatic nitrogens is 2. The molecule has 0 aliphatic heterocycles. The molecule has 0 atom stereocenters. The van der Waals surface area contributed by atoms with Gasteiger partial charge in [-0.25, -0.2) is 8.42 Å². The fourth-order valence-electron chi connectivity index (χ4n) is 2.73. The normalized spacial score (nSPS) is 25.9. The van der Waals surface area contributed by atoms with E-state index in [0.717, 1.165) is 0 Å². The molecule has 0 aromatic carbocycles. The number of sulfone groups is 1. The summed E-state index contributed by atoms with van der Waals surface area (Å²) < 4.78 is 24.7. The van der Waals surface area contributed by atoms with Crippen molar-refractivity contribution in [2.75, 3.05) is 12.8 Å². The van der Waals surface area contributed by atoms with Gasteiger partial charge in [-0.3, -0.25) is 9.48 Å². The molecule has 0 unspecified atom stereocenters. The summed E-state index contributed by atoms with van der Waals surface area (Å²) in [6.45, 7) is 2.73. The van der Waals surface area contributed by atoms with E-state index in [1.165, 1.54) is 6.26 Å². The molecule has 1 heterocycles. The molecule has 1 fully saturated rings. The second-order valence-electron chi connectivity index (χ2n) is 5.99. The molecule has 1 aromatic heterocycles. The smallest absolute Gasteiger partial charge is 0.271 e. The van der Waals surface area contributed by atoms with Gasteiger partial charge in [-0.15, -0.1) is 0 Å². The van der Waals surface area contributed by atoms with Gasteiger partial charge in [0.1, 0.15) is 15.5 Å². The fourth-order valence-corrected chi connectivity index (χ4v) is 3.82. The minimum absolute atomic E-state index is 0.112. The lowest BCUT2D eigenvalue weighted by Crippen LogP contribution is -2.47. The summed E-state index contributed by atoms with van der Waals surface area (Å²) in [5, 5.41) is 16.9. The van der Waals surface area contributed by atoms with Crippen molar-refractivity contribution < 1.29 is 18.3 Å². The lowest BCUT2D eigenvalue weighted by atomic mass is 9.84. The predicted octanol–water partition coefficient (Wildman–Crippen LogP) is 0.351. The van der Waals surface area contributed by atoms with E-state index in [-0.39, 0.29) is 17.7 Å². The molecule has 0 saturated heterocycles. The Kier molecular flexibility index (Phi) is 4.91. The number of nitrogens with one attached hydrogen (secondary N) is 1. The molecule has 124 valence electrons. The molecular weight excluding hydrogens is 306 g/mol. The predicted molar refractivity (Wildman–Crippen MR) is 82.3 cm³/mol. The zero-order valence-corrected chi connectivity index (χ0v) is 13.8. The van der Waals surface area contributed by atoms with Crippen LogP contribution in [-0.2, 0) is 16.4 Å². The van der Waals surface area contributed by atoms with E-state index >= 15 is 0 Å². The SMILES string of the molecule is CCn1ccc(C(=O)NCC2(O)CCC(S(C)(=O)=O)CC2)n1. The van der Waals surface area contributed by atoms with Crippen LogP contribution in [0.25, 0.3) is 0 Å². The third kappa shape index (κ3) is 4.07. The standard InChI is InChI=1S/C14H23N3O4S/c1-3-17-9-6-12(16-17)13(18)15-10-14(19)7-4-11(5-8-14)22(2,20)21/h6,9,11,19H,3-5,7-8,10H2,1-2H3,(H,15,18). The molecular formula is C14H23N3O4S. The first-order valence-electron chi connectivity index (χ1n) is 7.46. The van der Waals surface area contributed by atoms with E-state index in [1.807, 2.05) is 6.92 Å². The van der Waals surface area contributed by atoms with Crippen LogP contribution in [0.15, 0.2) is 12.3 Å². The van der Waals surface area contributed by atoms with Crippen LogP contribution in [0.5, 0.6) is 0 Å². The maximum atomic E-state index is 12.0. The van der Waals surface area contributed by atoms with Crippen LogP contribution in [0.1, 0.15) is 43.1 Å². The number of aliphatic hydroxyl groups is 1. The summed E-state index contributed by atoms with van der Waals surface area (Å²) in [6.07, 6.45) is 4.54. The quantitative estimate of drug-likeness (QED) is 0.812. The van der Waals surface area contributed by atoms with Gasteiger partial charge in [0.2, 0.25) is 0 Å². The first kappa shape index (κ1) is 17.0. The molecule has 0 spiro atoms. The highest BCUT2D eigenvalue weighted by Gasteiger charge is 2.37. The van der Waals surface area contributed by atoms with Gasteiger partial charge in [0.25, 0.3) is 5.91 Å². The molecule has 2 rings (SSSR count). The largest absolute Gasteiger partial charge is 0.388 e. The average molecular weight is 329 g/mol. The summed E-state index contributed by atoms with van der Waals surface area (Å²) in [5.41, 5.74) is -0.722. The number of rotatable bonds is 5. The Bertz CT molecular complexity index is 630. The number of nitrogens with zero attached hydrogens (tertiary/aromatic N) is 2. The van der Waals surface area contributed by atoms with Crippen molar-refractivity contribution in [2.24, 2.45) is 0 Å². The van der Waals surface area contributed by atoms with Gasteiger partial charge in [-0.05, 0) is 38.7 Å². The van der Waals surface area contributed by atoms with Crippen LogP contribution < -0.4 is 5.32 Å². The van der Waals surface area contributed by atoms with Crippen molar-refractivity contribution in [2.45, 2.75) is 50.0 Å². The Labute approximate surface area is 130 Å². The highest BCUT2D eigenvalue weighted by atomic mass is 32.2. The van der Waals surface area contributed by atoms with E-state index in [1.54, 1.807) is 16.9 Å². The molecule has 2 N–H and O–H groups in total. The van der Waals surface area contributed by atoms with Gasteiger partial charge in [0.05, 0.1) is 10.9 Å². The van der Waals surface area contributed by atoms with Gasteiger partial charge >= 0.3 is 0 Å². The Morgan fingerprint density at radius 1 is 1.50 bits per heavy atom. The Hall–Kier alpha value is -1.41. The number of aryl methyl sites for hydroxylation is 1. The molecule has 8 heteroatoms. The lowest BCUT2D eigenvalue weighted by Gasteiger charge is -2.35. The summed E-state index contributed by atoms with van der Waals surface area (Å²) in [4.78, 5) is 12.0. The van der Waals surface area contributed by atoms with E-state index in [4.69, 9.17) is 0 Å². The first-order chi connectivity index (χ1) is 10.2. The molecule has 0 radical (unpaired) electrons. The number of carbonyl (C=O) groups excluding carboxylic acids is 1. The van der Waals surface area contributed by atoms with Crippen LogP contribution in [0.3, 0.4) is 0 Å². The number of hydrogen-bond acceptors (Lipinski definition) is 5. The molecule has 1 aromatic rings. The molecule has 1 amide bonds. The second kappa shape index (κ2) is 6.37. The van der Waals surface area contributed by atoms with Gasteiger partial charge in [0, 0.05) is 25.5 Å². The lowest BCUT2D eigenvalue weighted by molar-refractivity contribution is 0.00606. The third-order valence-electron chi connectivity index (χ3n) is 4.24. The molecule has 0 bridgehead atoms. The minimum Gasteiger partial charge on any atom is -0.388 e. The molecule has 1 aliphatic carbocycles. The van der Waals surface area contributed by atoms with Crippen LogP contribution in [0.4, 0.5) is 0 Å². The Morgan fingerprint density at radius 2 is 2.14 bits per heavy atom. The zero-order chi connectivity index (χ0) is 16.4. The van der Waals surface area contributed by atoms with Crippen LogP contribution in [0, 0.1) is 0 Å². The van der Waals surface area contributed by atoms with Gasteiger partial charge in [-0.2, -0.15) is 5.10 Å². The number of carbonyl (C=O) groups is 1. The van der Waals surface area contributed by atoms with E-state index < -0.39 is 15.4 Å². The molecule has 1 saturated carbocycles. The Balaban J connectivity index is 1.87. The van der Waals surface area contributed by atoms with E-state index in [9.17, 15) is 18.3 Å². The van der Waals surface area contributed by atoms with Gasteiger partial charge in [-0.1, -0.05) is 0 Å². The van der Waals surface area contributed by atoms with Crippen molar-refractivity contribution in [3.8, 4) is 0 Å². The zero-order valence-electron chi connectivity index (χ0n) is 12.9. The number of hydrogen-bond donors (Lipinski definition) is 2. The Morgan fingerprint density at radius 3 is 2.64 bits per heavy atom. The van der Waals surface area contributed by atoms with Crippen molar-refractivity contribution in [3.05, 3.63) is 18.0 Å². The van der Waals surface area contributed by atoms with Crippen LogP contribution in [0.2, 0.25) is 0 Å². The second-order valence-corrected chi connectivity index (χ2v) is 8.32. The highest BCUT2D eigenvalue weighted by Crippen LogP contribution is 2.31. The topological polar surface area (TPSA) is 101 Å².